The van der Waals surface area contributed by atoms with Gasteiger partial charge in [-0.15, -0.1) is 0 Å². The van der Waals surface area contributed by atoms with Gasteiger partial charge in [0.05, 0.1) is 24.9 Å². The number of hydrogen-bond acceptors (Lipinski definition) is 6. The molecule has 0 radical (unpaired) electrons. The maximum atomic E-state index is 13.5. The minimum absolute atomic E-state index is 0.128. The van der Waals surface area contributed by atoms with Crippen LogP contribution in [0.15, 0.2) is 95.7 Å². The third-order valence-corrected chi connectivity index (χ3v) is 6.09. The number of methoxy groups -OCH3 is 1. The van der Waals surface area contributed by atoms with Crippen molar-refractivity contribution in [1.29, 1.82) is 0 Å². The Morgan fingerprint density at radius 1 is 0.897 bits per heavy atom. The van der Waals surface area contributed by atoms with Crippen LogP contribution >= 0.6 is 0 Å². The van der Waals surface area contributed by atoms with E-state index in [4.69, 9.17) is 14.2 Å². The van der Waals surface area contributed by atoms with E-state index in [0.29, 0.717) is 41.6 Å². The van der Waals surface area contributed by atoms with Crippen molar-refractivity contribution in [2.45, 2.75) is 20.4 Å². The van der Waals surface area contributed by atoms with Crippen molar-refractivity contribution >= 4 is 29.5 Å². The molecule has 0 saturated carbocycles. The number of nitrogens with zero attached hydrogens (tertiary/aromatic N) is 1. The lowest BCUT2D eigenvalue weighted by Gasteiger charge is -2.18. The van der Waals surface area contributed by atoms with Crippen molar-refractivity contribution in [3.05, 3.63) is 107 Å². The highest BCUT2D eigenvalue weighted by atomic mass is 16.5. The minimum atomic E-state index is -0.595. The Morgan fingerprint density at radius 3 is 2.18 bits per heavy atom. The highest BCUT2D eigenvalue weighted by Crippen LogP contribution is 2.36. The fourth-order valence-corrected chi connectivity index (χ4v) is 4.17. The largest absolute Gasteiger partial charge is 0.494 e. The SMILES string of the molecule is CCOc1ccc(N2C(=O)/C(=C\c3ccc(OCC(=O)NCc4ccccc4)cc3)C(C(=O)OC)=C2C)cc1. The zero-order chi connectivity index (χ0) is 27.8. The van der Waals surface area contributed by atoms with Crippen LogP contribution in [0.1, 0.15) is 25.0 Å². The molecule has 0 aromatic heterocycles. The van der Waals surface area contributed by atoms with Gasteiger partial charge in [0.15, 0.2) is 6.61 Å². The van der Waals surface area contributed by atoms with Gasteiger partial charge in [0.2, 0.25) is 0 Å². The molecule has 0 spiro atoms. The molecule has 0 bridgehead atoms. The zero-order valence-corrected chi connectivity index (χ0v) is 22.1. The van der Waals surface area contributed by atoms with E-state index in [1.54, 1.807) is 61.5 Å². The van der Waals surface area contributed by atoms with Gasteiger partial charge in [-0.3, -0.25) is 14.5 Å². The quantitative estimate of drug-likeness (QED) is 0.305. The lowest BCUT2D eigenvalue weighted by atomic mass is 10.0. The van der Waals surface area contributed by atoms with Crippen molar-refractivity contribution < 1.29 is 28.6 Å². The maximum Gasteiger partial charge on any atom is 0.340 e. The normalized spacial score (nSPS) is 14.0. The molecule has 200 valence electrons. The molecule has 3 aromatic rings. The van der Waals surface area contributed by atoms with Gasteiger partial charge in [-0.1, -0.05) is 42.5 Å². The van der Waals surface area contributed by atoms with Crippen molar-refractivity contribution in [2.24, 2.45) is 0 Å². The highest BCUT2D eigenvalue weighted by Gasteiger charge is 2.37. The highest BCUT2D eigenvalue weighted by molar-refractivity contribution is 6.23. The number of ether oxygens (including phenoxy) is 3. The predicted molar refractivity (Wildman–Crippen MR) is 148 cm³/mol. The van der Waals surface area contributed by atoms with Crippen LogP contribution in [0.3, 0.4) is 0 Å². The van der Waals surface area contributed by atoms with Gasteiger partial charge >= 0.3 is 5.97 Å². The summed E-state index contributed by atoms with van der Waals surface area (Å²) < 4.78 is 16.1. The Balaban J connectivity index is 1.46. The third kappa shape index (κ3) is 6.54. The first-order valence-electron chi connectivity index (χ1n) is 12.5. The van der Waals surface area contributed by atoms with E-state index in [1.807, 2.05) is 37.3 Å². The molecule has 39 heavy (non-hydrogen) atoms. The Morgan fingerprint density at radius 2 is 1.54 bits per heavy atom. The molecule has 1 aliphatic heterocycles. The van der Waals surface area contributed by atoms with Gasteiger partial charge in [0, 0.05) is 17.9 Å². The number of anilines is 1. The third-order valence-electron chi connectivity index (χ3n) is 6.09. The molecule has 0 fully saturated rings. The Kier molecular flexibility index (Phi) is 8.78. The molecular weight excluding hydrogens is 496 g/mol. The van der Waals surface area contributed by atoms with Crippen LogP contribution in [-0.2, 0) is 25.7 Å². The number of carbonyl (C=O) groups is 3. The summed E-state index contributed by atoms with van der Waals surface area (Å²) in [5.74, 6) is 0.0175. The molecule has 1 heterocycles. The van der Waals surface area contributed by atoms with E-state index in [-0.39, 0.29) is 29.6 Å². The number of nitrogens with one attached hydrogen (secondary N) is 1. The van der Waals surface area contributed by atoms with Crippen molar-refractivity contribution in [3.63, 3.8) is 0 Å². The summed E-state index contributed by atoms with van der Waals surface area (Å²) in [6.07, 6.45) is 1.64. The molecule has 1 aliphatic rings. The first kappa shape index (κ1) is 27.2. The molecular formula is C31H30N2O6. The van der Waals surface area contributed by atoms with Crippen LogP contribution in [0.5, 0.6) is 11.5 Å². The number of hydrogen-bond donors (Lipinski definition) is 1. The predicted octanol–water partition coefficient (Wildman–Crippen LogP) is 4.66. The van der Waals surface area contributed by atoms with Crippen LogP contribution in [0.25, 0.3) is 6.08 Å². The monoisotopic (exact) mass is 526 g/mol. The summed E-state index contributed by atoms with van der Waals surface area (Å²) in [7, 11) is 1.28. The fraction of sp³-hybridized carbons (Fsp3) is 0.194. The van der Waals surface area contributed by atoms with Crippen LogP contribution < -0.4 is 19.7 Å². The molecule has 1 N–H and O–H groups in total. The molecule has 0 saturated heterocycles. The van der Waals surface area contributed by atoms with Crippen molar-refractivity contribution in [3.8, 4) is 11.5 Å². The molecule has 8 heteroatoms. The van der Waals surface area contributed by atoms with E-state index in [2.05, 4.69) is 5.32 Å². The van der Waals surface area contributed by atoms with Gasteiger partial charge < -0.3 is 19.5 Å². The number of benzene rings is 3. The topological polar surface area (TPSA) is 94.2 Å². The van der Waals surface area contributed by atoms with E-state index in [9.17, 15) is 14.4 Å². The van der Waals surface area contributed by atoms with Gasteiger partial charge in [-0.2, -0.15) is 0 Å². The fourth-order valence-electron chi connectivity index (χ4n) is 4.17. The Labute approximate surface area is 227 Å². The van der Waals surface area contributed by atoms with E-state index in [1.165, 1.54) is 12.0 Å². The van der Waals surface area contributed by atoms with Crippen molar-refractivity contribution in [1.82, 2.24) is 5.32 Å². The molecule has 2 amide bonds. The number of allylic oxidation sites excluding steroid dienone is 1. The van der Waals surface area contributed by atoms with Crippen LogP contribution in [0, 0.1) is 0 Å². The summed E-state index contributed by atoms with van der Waals surface area (Å²) in [5.41, 5.74) is 3.20. The zero-order valence-electron chi connectivity index (χ0n) is 22.1. The molecule has 4 rings (SSSR count). The maximum absolute atomic E-state index is 13.5. The van der Waals surface area contributed by atoms with E-state index in [0.717, 1.165) is 5.56 Å². The molecule has 0 aliphatic carbocycles. The Bertz CT molecular complexity index is 1390. The average Bonchev–Trinajstić information content (AvgIpc) is 3.20. The van der Waals surface area contributed by atoms with Gasteiger partial charge in [0.25, 0.3) is 11.8 Å². The first-order valence-corrected chi connectivity index (χ1v) is 12.5. The van der Waals surface area contributed by atoms with E-state index >= 15 is 0 Å². The number of rotatable bonds is 10. The van der Waals surface area contributed by atoms with Crippen LogP contribution in [0.2, 0.25) is 0 Å². The van der Waals surface area contributed by atoms with Crippen LogP contribution in [0.4, 0.5) is 5.69 Å². The standard InChI is InChI=1S/C31H30N2O6/c1-4-38-25-16-12-24(13-17-25)33-21(2)29(31(36)37-3)27(30(33)35)18-22-10-14-26(15-11-22)39-20-28(34)32-19-23-8-6-5-7-9-23/h5-18H,4,19-20H2,1-3H3,(H,32,34)/b27-18-. The van der Waals surface area contributed by atoms with Gasteiger partial charge in [-0.25, -0.2) is 4.79 Å². The minimum Gasteiger partial charge on any atom is -0.494 e. The summed E-state index contributed by atoms with van der Waals surface area (Å²) in [6, 6.07) is 23.6. The van der Waals surface area contributed by atoms with Crippen molar-refractivity contribution in [2.75, 3.05) is 25.2 Å². The Hall–Kier alpha value is -4.85. The van der Waals surface area contributed by atoms with E-state index < -0.39 is 5.97 Å². The lowest BCUT2D eigenvalue weighted by Crippen LogP contribution is -2.28. The second-order valence-corrected chi connectivity index (χ2v) is 8.70. The first-order chi connectivity index (χ1) is 18.9. The number of carbonyl (C=O) groups excluding carboxylic acids is 3. The molecule has 0 atom stereocenters. The molecule has 8 nitrogen and oxygen atoms in total. The van der Waals surface area contributed by atoms with Crippen LogP contribution in [-0.4, -0.2) is 38.1 Å². The number of esters is 1. The lowest BCUT2D eigenvalue weighted by molar-refractivity contribution is -0.136. The van der Waals surface area contributed by atoms with Gasteiger partial charge in [-0.05, 0) is 67.4 Å². The number of amides is 2. The molecule has 0 unspecified atom stereocenters. The smallest absolute Gasteiger partial charge is 0.340 e. The van der Waals surface area contributed by atoms with Gasteiger partial charge in [0.1, 0.15) is 11.5 Å². The molecule has 3 aromatic carbocycles. The summed E-state index contributed by atoms with van der Waals surface area (Å²) >= 11 is 0. The second kappa shape index (κ2) is 12.6. The summed E-state index contributed by atoms with van der Waals surface area (Å²) in [6.45, 7) is 4.43. The summed E-state index contributed by atoms with van der Waals surface area (Å²) in [5, 5.41) is 2.81. The average molecular weight is 527 g/mol. The second-order valence-electron chi connectivity index (χ2n) is 8.70. The summed E-state index contributed by atoms with van der Waals surface area (Å²) in [4.78, 5) is 39.8.